The van der Waals surface area contributed by atoms with E-state index < -0.39 is 0 Å². The molecule has 0 radical (unpaired) electrons. The zero-order valence-electron chi connectivity index (χ0n) is 12.5. The molecule has 0 bridgehead atoms. The predicted molar refractivity (Wildman–Crippen MR) is 81.0 cm³/mol. The van der Waals surface area contributed by atoms with E-state index in [1.807, 2.05) is 13.0 Å². The third kappa shape index (κ3) is 3.93. The van der Waals surface area contributed by atoms with Crippen molar-refractivity contribution >= 4 is 11.6 Å². The molecule has 0 spiro atoms. The summed E-state index contributed by atoms with van der Waals surface area (Å²) in [4.78, 5) is 18.2. The van der Waals surface area contributed by atoms with Gasteiger partial charge in [-0.2, -0.15) is 0 Å². The first kappa shape index (κ1) is 14.8. The second-order valence-electron chi connectivity index (χ2n) is 5.42. The van der Waals surface area contributed by atoms with Crippen molar-refractivity contribution in [2.75, 3.05) is 25.5 Å². The number of pyridine rings is 1. The molecule has 2 rings (SSSR count). The van der Waals surface area contributed by atoms with Crippen LogP contribution in [0.25, 0.3) is 0 Å². The van der Waals surface area contributed by atoms with Crippen molar-refractivity contribution in [1.82, 2.24) is 15.2 Å². The number of amides is 1. The SMILES string of the molecule is CCNC(=O)c1cc(NCC(C)N(C)C2CC2)ccn1. The van der Waals surface area contributed by atoms with Crippen LogP contribution in [-0.4, -0.2) is 48.0 Å². The number of anilines is 1. The topological polar surface area (TPSA) is 57.3 Å². The fourth-order valence-electron chi connectivity index (χ4n) is 2.17. The molecule has 0 aromatic carbocycles. The van der Waals surface area contributed by atoms with Crippen LogP contribution in [0.15, 0.2) is 18.3 Å². The highest BCUT2D eigenvalue weighted by atomic mass is 16.1. The number of nitrogens with one attached hydrogen (secondary N) is 2. The van der Waals surface area contributed by atoms with Crippen molar-refractivity contribution in [2.24, 2.45) is 0 Å². The van der Waals surface area contributed by atoms with Gasteiger partial charge in [0.05, 0.1) is 0 Å². The summed E-state index contributed by atoms with van der Waals surface area (Å²) in [6.45, 7) is 5.60. The number of aromatic nitrogens is 1. The Hall–Kier alpha value is -1.62. The summed E-state index contributed by atoms with van der Waals surface area (Å²) in [5.74, 6) is -0.126. The van der Waals surface area contributed by atoms with E-state index >= 15 is 0 Å². The Bertz CT molecular complexity index is 459. The van der Waals surface area contributed by atoms with E-state index in [0.29, 0.717) is 18.3 Å². The van der Waals surface area contributed by atoms with Gasteiger partial charge in [-0.15, -0.1) is 0 Å². The van der Waals surface area contributed by atoms with E-state index in [-0.39, 0.29) is 5.91 Å². The molecule has 1 aromatic heterocycles. The molecule has 1 saturated carbocycles. The molecular weight excluding hydrogens is 252 g/mol. The molecule has 0 saturated heterocycles. The van der Waals surface area contributed by atoms with E-state index in [0.717, 1.165) is 18.3 Å². The Morgan fingerprint density at radius 2 is 2.30 bits per heavy atom. The highest BCUT2D eigenvalue weighted by Gasteiger charge is 2.28. The zero-order chi connectivity index (χ0) is 14.5. The maximum atomic E-state index is 11.7. The number of hydrogen-bond donors (Lipinski definition) is 2. The van der Waals surface area contributed by atoms with Crippen molar-refractivity contribution in [3.05, 3.63) is 24.0 Å². The van der Waals surface area contributed by atoms with E-state index in [4.69, 9.17) is 0 Å². The first-order chi connectivity index (χ1) is 9.61. The molecule has 20 heavy (non-hydrogen) atoms. The summed E-state index contributed by atoms with van der Waals surface area (Å²) < 4.78 is 0. The number of likely N-dealkylation sites (N-methyl/N-ethyl adjacent to an activating group) is 1. The minimum absolute atomic E-state index is 0.126. The van der Waals surface area contributed by atoms with Crippen LogP contribution in [-0.2, 0) is 0 Å². The third-order valence-corrected chi connectivity index (χ3v) is 3.75. The van der Waals surface area contributed by atoms with Gasteiger partial charge in [-0.3, -0.25) is 14.7 Å². The van der Waals surface area contributed by atoms with Crippen LogP contribution in [0.2, 0.25) is 0 Å². The Labute approximate surface area is 120 Å². The fraction of sp³-hybridized carbons (Fsp3) is 0.600. The Kier molecular flexibility index (Phi) is 4.95. The minimum Gasteiger partial charge on any atom is -0.383 e. The van der Waals surface area contributed by atoms with Gasteiger partial charge in [0.2, 0.25) is 0 Å². The van der Waals surface area contributed by atoms with Crippen molar-refractivity contribution < 1.29 is 4.79 Å². The lowest BCUT2D eigenvalue weighted by atomic mass is 10.2. The molecule has 110 valence electrons. The number of carbonyl (C=O) groups excluding carboxylic acids is 1. The Morgan fingerprint density at radius 3 is 2.95 bits per heavy atom. The molecule has 1 amide bonds. The summed E-state index contributed by atoms with van der Waals surface area (Å²) in [5, 5.41) is 6.14. The van der Waals surface area contributed by atoms with Gasteiger partial charge in [0.1, 0.15) is 5.69 Å². The van der Waals surface area contributed by atoms with Crippen LogP contribution in [0.1, 0.15) is 37.2 Å². The van der Waals surface area contributed by atoms with Crippen molar-refractivity contribution in [2.45, 2.75) is 38.8 Å². The van der Waals surface area contributed by atoms with Crippen LogP contribution < -0.4 is 10.6 Å². The molecule has 2 N–H and O–H groups in total. The van der Waals surface area contributed by atoms with Gasteiger partial charge in [0.25, 0.3) is 5.91 Å². The van der Waals surface area contributed by atoms with Gasteiger partial charge in [-0.25, -0.2) is 0 Å². The van der Waals surface area contributed by atoms with E-state index in [1.54, 1.807) is 12.3 Å². The smallest absolute Gasteiger partial charge is 0.269 e. The van der Waals surface area contributed by atoms with Crippen molar-refractivity contribution in [1.29, 1.82) is 0 Å². The number of rotatable bonds is 7. The summed E-state index contributed by atoms with van der Waals surface area (Å²) in [6, 6.07) is 4.93. The fourth-order valence-corrected chi connectivity index (χ4v) is 2.17. The van der Waals surface area contributed by atoms with Crippen LogP contribution in [0, 0.1) is 0 Å². The third-order valence-electron chi connectivity index (χ3n) is 3.75. The monoisotopic (exact) mass is 276 g/mol. The van der Waals surface area contributed by atoms with Gasteiger partial charge < -0.3 is 10.6 Å². The lowest BCUT2D eigenvalue weighted by molar-refractivity contribution is 0.0951. The molecule has 1 aromatic rings. The lowest BCUT2D eigenvalue weighted by Gasteiger charge is -2.25. The second kappa shape index (κ2) is 6.70. The minimum atomic E-state index is -0.126. The molecule has 5 nitrogen and oxygen atoms in total. The molecule has 1 unspecified atom stereocenters. The summed E-state index contributed by atoms with van der Waals surface area (Å²) in [6.07, 6.45) is 4.30. The largest absolute Gasteiger partial charge is 0.383 e. The van der Waals surface area contributed by atoms with E-state index in [2.05, 4.69) is 34.5 Å². The van der Waals surface area contributed by atoms with Gasteiger partial charge in [-0.1, -0.05) is 0 Å². The predicted octanol–water partition coefficient (Wildman–Crippen LogP) is 1.73. The lowest BCUT2D eigenvalue weighted by Crippen LogP contribution is -2.36. The zero-order valence-corrected chi connectivity index (χ0v) is 12.5. The van der Waals surface area contributed by atoms with Crippen molar-refractivity contribution in [3.63, 3.8) is 0 Å². The molecule has 1 heterocycles. The maximum absolute atomic E-state index is 11.7. The highest BCUT2D eigenvalue weighted by molar-refractivity contribution is 5.93. The number of hydrogen-bond acceptors (Lipinski definition) is 4. The molecular formula is C15H24N4O. The van der Waals surface area contributed by atoms with Gasteiger partial charge in [0.15, 0.2) is 0 Å². The normalized spacial score (nSPS) is 16.0. The molecule has 1 atom stereocenters. The molecule has 1 aliphatic rings. The number of nitrogens with zero attached hydrogens (tertiary/aromatic N) is 2. The van der Waals surface area contributed by atoms with Gasteiger partial charge in [-0.05, 0) is 45.9 Å². The second-order valence-corrected chi connectivity index (χ2v) is 5.42. The molecule has 5 heteroatoms. The van der Waals surface area contributed by atoms with E-state index in [1.165, 1.54) is 12.8 Å². The number of carbonyl (C=O) groups is 1. The van der Waals surface area contributed by atoms with Crippen LogP contribution in [0.3, 0.4) is 0 Å². The summed E-state index contributed by atoms with van der Waals surface area (Å²) in [7, 11) is 2.18. The van der Waals surface area contributed by atoms with Crippen LogP contribution in [0.4, 0.5) is 5.69 Å². The Balaban J connectivity index is 1.89. The first-order valence-corrected chi connectivity index (χ1v) is 7.32. The Morgan fingerprint density at radius 1 is 1.55 bits per heavy atom. The quantitative estimate of drug-likeness (QED) is 0.796. The van der Waals surface area contributed by atoms with Gasteiger partial charge >= 0.3 is 0 Å². The highest BCUT2D eigenvalue weighted by Crippen LogP contribution is 2.26. The molecule has 1 fully saturated rings. The van der Waals surface area contributed by atoms with Crippen LogP contribution >= 0.6 is 0 Å². The average molecular weight is 276 g/mol. The maximum Gasteiger partial charge on any atom is 0.269 e. The molecule has 1 aliphatic carbocycles. The van der Waals surface area contributed by atoms with Gasteiger partial charge in [0, 0.05) is 37.1 Å². The van der Waals surface area contributed by atoms with Crippen LogP contribution in [0.5, 0.6) is 0 Å². The average Bonchev–Trinajstić information content (AvgIpc) is 3.29. The standard InChI is InChI=1S/C15H24N4O/c1-4-16-15(20)14-9-12(7-8-17-14)18-10-11(2)19(3)13-5-6-13/h7-9,11,13H,4-6,10H2,1-3H3,(H,16,20)(H,17,18). The van der Waals surface area contributed by atoms with Crippen molar-refractivity contribution in [3.8, 4) is 0 Å². The first-order valence-electron chi connectivity index (χ1n) is 7.32. The summed E-state index contributed by atoms with van der Waals surface area (Å²) >= 11 is 0. The van der Waals surface area contributed by atoms with E-state index in [9.17, 15) is 4.79 Å². The molecule has 0 aliphatic heterocycles. The summed E-state index contributed by atoms with van der Waals surface area (Å²) in [5.41, 5.74) is 1.40.